The zero-order valence-electron chi connectivity index (χ0n) is 13.1. The van der Waals surface area contributed by atoms with E-state index in [1.54, 1.807) is 4.42 Å². The molecular formula is C19H15BrClN3. The van der Waals surface area contributed by atoms with E-state index >= 15 is 0 Å². The first-order valence-corrected chi connectivity index (χ1v) is 8.78. The van der Waals surface area contributed by atoms with Crippen molar-refractivity contribution < 1.29 is 0 Å². The average molecular weight is 401 g/mol. The molecule has 3 heterocycles. The summed E-state index contributed by atoms with van der Waals surface area (Å²) in [5.41, 5.74) is 5.70. The van der Waals surface area contributed by atoms with E-state index in [0.717, 1.165) is 32.7 Å². The van der Waals surface area contributed by atoms with Crippen LogP contribution in [0.15, 0.2) is 70.6 Å². The molecule has 5 heteroatoms. The fourth-order valence-electron chi connectivity index (χ4n) is 3.15. The average Bonchev–Trinajstić information content (AvgIpc) is 2.71. The molecule has 2 aliphatic rings. The molecule has 0 atom stereocenters. The first-order chi connectivity index (χ1) is 11.6. The van der Waals surface area contributed by atoms with Crippen molar-refractivity contribution in [1.82, 2.24) is 9.40 Å². The molecule has 0 saturated carbocycles. The summed E-state index contributed by atoms with van der Waals surface area (Å²) in [5, 5.41) is 0. The zero-order valence-corrected chi connectivity index (χ0v) is 15.4. The number of aromatic nitrogens is 1. The minimum Gasteiger partial charge on any atom is -0.329 e. The first kappa shape index (κ1) is 15.5. The Kier molecular flexibility index (Phi) is 3.94. The summed E-state index contributed by atoms with van der Waals surface area (Å²) < 4.78 is 2.74. The molecule has 24 heavy (non-hydrogen) atoms. The molecule has 0 radical (unpaired) electrons. The Morgan fingerprint density at radius 2 is 2.00 bits per heavy atom. The second kappa shape index (κ2) is 6.11. The standard InChI is InChI=1S/C19H15BrClN3/c1-23-18-8-10-24(21)12-16(18)15(14-6-2-3-7-17(14)20)11-13-5-4-9-22-19(13)23/h2-11H,12H2,1H3. The number of fused-ring (bicyclic) bond motifs is 1. The summed E-state index contributed by atoms with van der Waals surface area (Å²) in [7, 11) is 2.05. The van der Waals surface area contributed by atoms with Gasteiger partial charge >= 0.3 is 0 Å². The van der Waals surface area contributed by atoms with Gasteiger partial charge in [0.25, 0.3) is 0 Å². The quantitative estimate of drug-likeness (QED) is 0.623. The van der Waals surface area contributed by atoms with Crippen LogP contribution in [0.3, 0.4) is 0 Å². The Labute approximate surface area is 154 Å². The number of pyridine rings is 1. The Bertz CT molecular complexity index is 901. The summed E-state index contributed by atoms with van der Waals surface area (Å²) in [4.78, 5) is 6.71. The van der Waals surface area contributed by atoms with E-state index in [0.29, 0.717) is 6.54 Å². The van der Waals surface area contributed by atoms with Crippen molar-refractivity contribution >= 4 is 45.2 Å². The Balaban J connectivity index is 2.01. The fraction of sp³-hybridized carbons (Fsp3) is 0.105. The minimum absolute atomic E-state index is 0.638. The fourth-order valence-corrected chi connectivity index (χ4v) is 3.83. The van der Waals surface area contributed by atoms with Crippen LogP contribution < -0.4 is 4.90 Å². The van der Waals surface area contributed by atoms with Crippen LogP contribution in [-0.4, -0.2) is 23.0 Å². The number of rotatable bonds is 1. The van der Waals surface area contributed by atoms with E-state index in [2.05, 4.69) is 56.2 Å². The summed E-state index contributed by atoms with van der Waals surface area (Å²) >= 11 is 9.97. The van der Waals surface area contributed by atoms with Crippen molar-refractivity contribution in [2.24, 2.45) is 0 Å². The van der Waals surface area contributed by atoms with E-state index in [9.17, 15) is 0 Å². The van der Waals surface area contributed by atoms with Crippen LogP contribution in [0.5, 0.6) is 0 Å². The SMILES string of the molecule is CN1C2=C(CN(Cl)C=C2)C(c2ccccc2Br)=Cc2cccnc21. The smallest absolute Gasteiger partial charge is 0.140 e. The van der Waals surface area contributed by atoms with Crippen LogP contribution in [-0.2, 0) is 0 Å². The molecule has 0 N–H and O–H groups in total. The van der Waals surface area contributed by atoms with Gasteiger partial charge < -0.3 is 4.90 Å². The number of benzene rings is 1. The van der Waals surface area contributed by atoms with Crippen molar-refractivity contribution in [3.8, 4) is 0 Å². The molecule has 2 aliphatic heterocycles. The van der Waals surface area contributed by atoms with Gasteiger partial charge in [0.05, 0.1) is 6.54 Å². The van der Waals surface area contributed by atoms with E-state index in [4.69, 9.17) is 11.8 Å². The molecule has 0 fully saturated rings. The molecule has 4 rings (SSSR count). The van der Waals surface area contributed by atoms with Crippen LogP contribution in [0, 0.1) is 0 Å². The van der Waals surface area contributed by atoms with Gasteiger partial charge in [-0.05, 0) is 41.5 Å². The number of anilines is 1. The maximum absolute atomic E-state index is 6.28. The Hall–Kier alpha value is -2.04. The monoisotopic (exact) mass is 399 g/mol. The van der Waals surface area contributed by atoms with Crippen LogP contribution in [0.25, 0.3) is 11.6 Å². The number of hydrogen-bond acceptors (Lipinski definition) is 3. The number of halogens is 2. The van der Waals surface area contributed by atoms with Gasteiger partial charge in [-0.25, -0.2) is 4.98 Å². The van der Waals surface area contributed by atoms with Gasteiger partial charge in [0, 0.05) is 52.5 Å². The van der Waals surface area contributed by atoms with E-state index in [-0.39, 0.29) is 0 Å². The molecule has 1 aromatic carbocycles. The lowest BCUT2D eigenvalue weighted by atomic mass is 9.94. The summed E-state index contributed by atoms with van der Waals surface area (Å²) in [6.07, 6.45) is 7.96. The molecule has 1 aromatic heterocycles. The summed E-state index contributed by atoms with van der Waals surface area (Å²) in [6, 6.07) is 12.3. The maximum atomic E-state index is 6.28. The molecule has 0 saturated heterocycles. The van der Waals surface area contributed by atoms with E-state index < -0.39 is 0 Å². The van der Waals surface area contributed by atoms with Gasteiger partial charge in [0.2, 0.25) is 0 Å². The third-order valence-corrected chi connectivity index (χ3v) is 5.22. The molecule has 0 amide bonds. The predicted octanol–water partition coefficient (Wildman–Crippen LogP) is 5.07. The van der Waals surface area contributed by atoms with Crippen molar-refractivity contribution in [3.63, 3.8) is 0 Å². The maximum Gasteiger partial charge on any atom is 0.140 e. The van der Waals surface area contributed by atoms with Crippen LogP contribution in [0.4, 0.5) is 5.82 Å². The molecule has 0 bridgehead atoms. The third-order valence-electron chi connectivity index (χ3n) is 4.30. The molecule has 3 nitrogen and oxygen atoms in total. The molecule has 2 aromatic rings. The number of nitrogens with zero attached hydrogens (tertiary/aromatic N) is 3. The lowest BCUT2D eigenvalue weighted by Crippen LogP contribution is -2.24. The topological polar surface area (TPSA) is 19.4 Å². The Morgan fingerprint density at radius 1 is 1.17 bits per heavy atom. The summed E-state index contributed by atoms with van der Waals surface area (Å²) in [6.45, 7) is 0.638. The molecule has 0 spiro atoms. The van der Waals surface area contributed by atoms with Gasteiger partial charge in [-0.15, -0.1) is 0 Å². The van der Waals surface area contributed by atoms with Gasteiger partial charge in [-0.2, -0.15) is 0 Å². The van der Waals surface area contributed by atoms with Crippen molar-refractivity contribution in [2.45, 2.75) is 0 Å². The second-order valence-electron chi connectivity index (χ2n) is 5.75. The molecule has 120 valence electrons. The van der Waals surface area contributed by atoms with Crippen molar-refractivity contribution in [2.75, 3.05) is 18.5 Å². The largest absolute Gasteiger partial charge is 0.329 e. The summed E-state index contributed by atoms with van der Waals surface area (Å²) in [5.74, 6) is 0.944. The number of allylic oxidation sites excluding steroid dienone is 1. The molecular weight excluding hydrogens is 386 g/mol. The predicted molar refractivity (Wildman–Crippen MR) is 103 cm³/mol. The third kappa shape index (κ3) is 2.56. The van der Waals surface area contributed by atoms with Crippen LogP contribution in [0.1, 0.15) is 11.1 Å². The van der Waals surface area contributed by atoms with Gasteiger partial charge in [-0.3, -0.25) is 4.42 Å². The zero-order chi connectivity index (χ0) is 16.7. The lowest BCUT2D eigenvalue weighted by Gasteiger charge is -2.28. The normalized spacial score (nSPS) is 16.5. The van der Waals surface area contributed by atoms with Crippen molar-refractivity contribution in [3.05, 3.63) is 81.7 Å². The molecule has 0 aliphatic carbocycles. The Morgan fingerprint density at radius 3 is 2.83 bits per heavy atom. The van der Waals surface area contributed by atoms with Crippen LogP contribution in [0.2, 0.25) is 0 Å². The van der Waals surface area contributed by atoms with Crippen molar-refractivity contribution in [1.29, 1.82) is 0 Å². The highest BCUT2D eigenvalue weighted by Crippen LogP contribution is 2.40. The van der Waals surface area contributed by atoms with Gasteiger partial charge in [-0.1, -0.05) is 34.1 Å². The number of likely N-dealkylation sites (N-methyl/N-ethyl adjacent to an activating group) is 1. The minimum atomic E-state index is 0.638. The highest BCUT2D eigenvalue weighted by Gasteiger charge is 2.26. The van der Waals surface area contributed by atoms with Gasteiger partial charge in [0.1, 0.15) is 5.82 Å². The second-order valence-corrected chi connectivity index (χ2v) is 7.04. The number of hydrogen-bond donors (Lipinski definition) is 0. The van der Waals surface area contributed by atoms with E-state index in [1.165, 1.54) is 5.57 Å². The molecule has 0 unspecified atom stereocenters. The first-order valence-electron chi connectivity index (χ1n) is 7.64. The highest BCUT2D eigenvalue weighted by atomic mass is 79.9. The van der Waals surface area contributed by atoms with Gasteiger partial charge in [0.15, 0.2) is 0 Å². The van der Waals surface area contributed by atoms with E-state index in [1.807, 2.05) is 37.7 Å². The van der Waals surface area contributed by atoms with Crippen LogP contribution >= 0.6 is 27.7 Å². The highest BCUT2D eigenvalue weighted by molar-refractivity contribution is 9.10. The lowest BCUT2D eigenvalue weighted by molar-refractivity contribution is 0.649.